The van der Waals surface area contributed by atoms with E-state index in [1.54, 1.807) is 0 Å². The number of hydrogen-bond donors (Lipinski definition) is 1. The Morgan fingerprint density at radius 3 is 1.52 bits per heavy atom. The van der Waals surface area contributed by atoms with Gasteiger partial charge in [0.1, 0.15) is 0 Å². The number of unbranched alkanes of at least 4 members (excludes halogenated alkanes) is 12. The van der Waals surface area contributed by atoms with E-state index in [0.717, 1.165) is 38.5 Å². The van der Waals surface area contributed by atoms with Gasteiger partial charge in [0, 0.05) is 0 Å². The Bertz CT molecular complexity index is 401. The van der Waals surface area contributed by atoms with Crippen LogP contribution in [0, 0.1) is 0 Å². The van der Waals surface area contributed by atoms with Gasteiger partial charge < -0.3 is 9.66 Å². The van der Waals surface area contributed by atoms with Gasteiger partial charge >= 0.3 is 29.6 Å². The average Bonchev–Trinajstić information content (AvgIpc) is 2.58. The zero-order valence-corrected chi connectivity index (χ0v) is 21.1. The van der Waals surface area contributed by atoms with E-state index in [1.807, 2.05) is 0 Å². The molecule has 0 bridgehead atoms. The van der Waals surface area contributed by atoms with Crippen molar-refractivity contribution in [1.29, 1.82) is 0 Å². The predicted octanol–water partition coefficient (Wildman–Crippen LogP) is 2.94. The predicted molar refractivity (Wildman–Crippen MR) is 109 cm³/mol. The first-order valence-corrected chi connectivity index (χ1v) is 12.5. The number of aliphatic hydroxyl groups is 1. The molecular formula is C21H43NaO4S. The molecule has 0 amide bonds. The third kappa shape index (κ3) is 19.9. The zero-order chi connectivity index (χ0) is 19.7. The molecule has 0 aromatic carbocycles. The first-order chi connectivity index (χ1) is 12.4. The van der Waals surface area contributed by atoms with E-state index in [9.17, 15) is 18.1 Å². The molecule has 0 aliphatic carbocycles. The number of aliphatic hydroxyl groups excluding tert-OH is 1. The number of hydrogen-bond acceptors (Lipinski definition) is 4. The Labute approximate surface area is 191 Å². The summed E-state index contributed by atoms with van der Waals surface area (Å²) >= 11 is 0. The molecule has 27 heavy (non-hydrogen) atoms. The SMILES string of the molecule is CCCCCCCCCCCCC(O)CC(CCCCCC)S(=O)(=O)[O-].[Na+]. The Morgan fingerprint density at radius 1 is 0.704 bits per heavy atom. The molecule has 0 aromatic rings. The third-order valence-electron chi connectivity index (χ3n) is 5.21. The molecule has 0 spiro atoms. The maximum atomic E-state index is 11.4. The van der Waals surface area contributed by atoms with Crippen LogP contribution in [0.15, 0.2) is 0 Å². The van der Waals surface area contributed by atoms with E-state index >= 15 is 0 Å². The quantitative estimate of drug-likeness (QED) is 0.200. The first kappa shape index (κ1) is 30.1. The Kier molecular flexibility index (Phi) is 22.4. The minimum atomic E-state index is -4.31. The van der Waals surface area contributed by atoms with Gasteiger partial charge in [0.25, 0.3) is 0 Å². The molecule has 0 heterocycles. The maximum absolute atomic E-state index is 11.4. The first-order valence-electron chi connectivity index (χ1n) is 11.0. The van der Waals surface area contributed by atoms with Crippen molar-refractivity contribution in [3.8, 4) is 0 Å². The van der Waals surface area contributed by atoms with E-state index in [4.69, 9.17) is 0 Å². The van der Waals surface area contributed by atoms with Gasteiger partial charge in [0.05, 0.1) is 21.5 Å². The summed E-state index contributed by atoms with van der Waals surface area (Å²) < 4.78 is 34.2. The fourth-order valence-electron chi connectivity index (χ4n) is 3.47. The molecule has 0 saturated carbocycles. The summed E-state index contributed by atoms with van der Waals surface area (Å²) in [5, 5.41) is 9.19. The van der Waals surface area contributed by atoms with Gasteiger partial charge in [-0.25, -0.2) is 8.42 Å². The molecule has 0 radical (unpaired) electrons. The fraction of sp³-hybridized carbons (Fsp3) is 1.00. The van der Waals surface area contributed by atoms with E-state index in [1.165, 1.54) is 51.4 Å². The van der Waals surface area contributed by atoms with E-state index in [2.05, 4.69) is 13.8 Å². The van der Waals surface area contributed by atoms with Gasteiger partial charge in [0.15, 0.2) is 0 Å². The zero-order valence-electron chi connectivity index (χ0n) is 18.3. The van der Waals surface area contributed by atoms with Crippen LogP contribution in [-0.2, 0) is 10.1 Å². The largest absolute Gasteiger partial charge is 1.00 e. The van der Waals surface area contributed by atoms with Crippen molar-refractivity contribution in [3.05, 3.63) is 0 Å². The molecule has 0 saturated heterocycles. The average molecular weight is 415 g/mol. The summed E-state index contributed by atoms with van der Waals surface area (Å²) in [6, 6.07) is 0. The molecule has 2 unspecified atom stereocenters. The van der Waals surface area contributed by atoms with E-state index < -0.39 is 21.5 Å². The van der Waals surface area contributed by atoms with Crippen LogP contribution < -0.4 is 29.6 Å². The van der Waals surface area contributed by atoms with Gasteiger partial charge in [-0.05, 0) is 19.3 Å². The smallest absolute Gasteiger partial charge is 0.748 e. The minimum Gasteiger partial charge on any atom is -0.748 e. The second-order valence-electron chi connectivity index (χ2n) is 7.82. The standard InChI is InChI=1S/C21H44O4S.Na/c1-3-5-7-9-10-11-12-13-14-15-17-20(22)19-21(26(23,24)25)18-16-8-6-4-2;/h20-22H,3-19H2,1-2H3,(H,23,24,25);/q;+1/p-1. The van der Waals surface area contributed by atoms with Crippen molar-refractivity contribution in [3.63, 3.8) is 0 Å². The Balaban J connectivity index is 0. The molecular weight excluding hydrogens is 371 g/mol. The second-order valence-corrected chi connectivity index (χ2v) is 9.48. The van der Waals surface area contributed by atoms with E-state index in [0.29, 0.717) is 12.8 Å². The Hall–Kier alpha value is 0.870. The van der Waals surface area contributed by atoms with Crippen LogP contribution in [-0.4, -0.2) is 29.4 Å². The summed E-state index contributed by atoms with van der Waals surface area (Å²) in [6.45, 7) is 4.33. The van der Waals surface area contributed by atoms with Crippen LogP contribution >= 0.6 is 0 Å². The topological polar surface area (TPSA) is 77.4 Å². The van der Waals surface area contributed by atoms with Crippen molar-refractivity contribution in [2.24, 2.45) is 0 Å². The second kappa shape index (κ2) is 20.2. The molecule has 6 heteroatoms. The molecule has 0 aromatic heterocycles. The van der Waals surface area contributed by atoms with Crippen molar-refractivity contribution >= 4 is 10.1 Å². The van der Waals surface area contributed by atoms with Crippen molar-refractivity contribution < 1.29 is 47.6 Å². The van der Waals surface area contributed by atoms with Gasteiger partial charge in [-0.1, -0.05) is 104 Å². The summed E-state index contributed by atoms with van der Waals surface area (Å²) in [5.74, 6) is 0. The van der Waals surface area contributed by atoms with Gasteiger partial charge in [-0.15, -0.1) is 0 Å². The normalized spacial score (nSPS) is 13.9. The third-order valence-corrected chi connectivity index (χ3v) is 6.46. The fourth-order valence-corrected chi connectivity index (χ4v) is 4.38. The van der Waals surface area contributed by atoms with E-state index in [-0.39, 0.29) is 36.0 Å². The summed E-state index contributed by atoms with van der Waals surface area (Å²) in [5.41, 5.74) is 0. The molecule has 158 valence electrons. The van der Waals surface area contributed by atoms with Crippen LogP contribution in [0.25, 0.3) is 0 Å². The molecule has 0 rings (SSSR count). The van der Waals surface area contributed by atoms with Crippen LogP contribution in [0.2, 0.25) is 0 Å². The molecule has 4 nitrogen and oxygen atoms in total. The van der Waals surface area contributed by atoms with Crippen molar-refractivity contribution in [2.45, 2.75) is 134 Å². The Morgan fingerprint density at radius 2 is 1.07 bits per heavy atom. The monoisotopic (exact) mass is 414 g/mol. The molecule has 0 fully saturated rings. The van der Waals surface area contributed by atoms with Crippen LogP contribution in [0.1, 0.15) is 123 Å². The molecule has 0 aliphatic heterocycles. The summed E-state index contributed by atoms with van der Waals surface area (Å²) in [7, 11) is -4.31. The van der Waals surface area contributed by atoms with Crippen molar-refractivity contribution in [2.75, 3.05) is 0 Å². The minimum absolute atomic E-state index is 0. The summed E-state index contributed by atoms with van der Waals surface area (Å²) in [6.07, 6.45) is 16.7. The van der Waals surface area contributed by atoms with Crippen LogP contribution in [0.3, 0.4) is 0 Å². The van der Waals surface area contributed by atoms with Gasteiger partial charge in [0.2, 0.25) is 0 Å². The number of rotatable bonds is 19. The van der Waals surface area contributed by atoms with Crippen molar-refractivity contribution in [1.82, 2.24) is 0 Å². The molecule has 1 N–H and O–H groups in total. The summed E-state index contributed by atoms with van der Waals surface area (Å²) in [4.78, 5) is 0. The van der Waals surface area contributed by atoms with Gasteiger partial charge in [-0.3, -0.25) is 0 Å². The van der Waals surface area contributed by atoms with Crippen LogP contribution in [0.4, 0.5) is 0 Å². The van der Waals surface area contributed by atoms with Crippen LogP contribution in [0.5, 0.6) is 0 Å². The van der Waals surface area contributed by atoms with Gasteiger partial charge in [-0.2, -0.15) is 0 Å². The molecule has 2 atom stereocenters. The molecule has 0 aliphatic rings. The maximum Gasteiger partial charge on any atom is 1.00 e.